The summed E-state index contributed by atoms with van der Waals surface area (Å²) in [5.74, 6) is -0.515. The van der Waals surface area contributed by atoms with E-state index in [2.05, 4.69) is 5.32 Å². The Balaban J connectivity index is 1.72. The molecule has 0 radical (unpaired) electrons. The van der Waals surface area contributed by atoms with Crippen LogP contribution in [0.3, 0.4) is 0 Å². The van der Waals surface area contributed by atoms with Crippen molar-refractivity contribution < 1.29 is 9.59 Å². The molecule has 3 aromatic rings. The first-order valence-corrected chi connectivity index (χ1v) is 10.8. The number of aliphatic imine (C=N–C) groups is 1. The molecule has 5 nitrogen and oxygen atoms in total. The van der Waals surface area contributed by atoms with E-state index in [-0.39, 0.29) is 18.4 Å². The van der Waals surface area contributed by atoms with Gasteiger partial charge >= 0.3 is 0 Å². The highest BCUT2D eigenvalue weighted by atomic mass is 35.5. The normalized spacial score (nSPS) is 15.6. The van der Waals surface area contributed by atoms with Gasteiger partial charge in [0, 0.05) is 21.8 Å². The second-order valence-corrected chi connectivity index (χ2v) is 8.34. The van der Waals surface area contributed by atoms with Crippen LogP contribution >= 0.6 is 11.6 Å². The van der Waals surface area contributed by atoms with Gasteiger partial charge in [0.25, 0.3) is 5.91 Å². The molecule has 0 fully saturated rings. The molecule has 0 spiro atoms. The second-order valence-electron chi connectivity index (χ2n) is 7.90. The molecule has 0 saturated heterocycles. The molecule has 3 aromatic carbocycles. The third-order valence-electron chi connectivity index (χ3n) is 5.68. The number of nitrogens with zero attached hydrogens (tertiary/aromatic N) is 2. The molecule has 32 heavy (non-hydrogen) atoms. The minimum absolute atomic E-state index is 0.122. The Morgan fingerprint density at radius 1 is 1.06 bits per heavy atom. The lowest BCUT2D eigenvalue weighted by atomic mass is 10.00. The Hall–Kier alpha value is -3.44. The first-order valence-electron chi connectivity index (χ1n) is 10.5. The summed E-state index contributed by atoms with van der Waals surface area (Å²) in [6.45, 7) is 5.58. The number of hydrogen-bond donors (Lipinski definition) is 1. The largest absolute Gasteiger partial charge is 0.324 e. The van der Waals surface area contributed by atoms with Gasteiger partial charge in [0.1, 0.15) is 12.6 Å². The van der Waals surface area contributed by atoms with Crippen molar-refractivity contribution in [1.82, 2.24) is 0 Å². The van der Waals surface area contributed by atoms with E-state index in [1.54, 1.807) is 25.1 Å². The zero-order valence-electron chi connectivity index (χ0n) is 18.2. The van der Waals surface area contributed by atoms with Gasteiger partial charge in [0.2, 0.25) is 5.91 Å². The van der Waals surface area contributed by atoms with Crippen LogP contribution in [0.15, 0.2) is 71.7 Å². The Labute approximate surface area is 192 Å². The monoisotopic (exact) mass is 445 g/mol. The number of carbonyl (C=O) groups excluding carboxylic acids is 2. The quantitative estimate of drug-likeness (QED) is 0.602. The minimum Gasteiger partial charge on any atom is -0.324 e. The van der Waals surface area contributed by atoms with Gasteiger partial charge in [-0.25, -0.2) is 0 Å². The van der Waals surface area contributed by atoms with Crippen molar-refractivity contribution in [2.45, 2.75) is 26.8 Å². The standard InChI is InChI=1S/C26H24ClN3O2/c1-16-8-7-11-22(17(16)2)29-24(31)15-30-23-13-12-20(27)14-21(23)25(28-18(3)26(30)32)19-9-5-4-6-10-19/h4-14,18H,15H2,1-3H3,(H,29,31). The van der Waals surface area contributed by atoms with Crippen LogP contribution in [0, 0.1) is 13.8 Å². The summed E-state index contributed by atoms with van der Waals surface area (Å²) in [6, 6.07) is 20.1. The lowest BCUT2D eigenvalue weighted by Gasteiger charge is -2.24. The summed E-state index contributed by atoms with van der Waals surface area (Å²) < 4.78 is 0. The van der Waals surface area contributed by atoms with Gasteiger partial charge in [-0.15, -0.1) is 0 Å². The molecule has 1 unspecified atom stereocenters. The summed E-state index contributed by atoms with van der Waals surface area (Å²) in [4.78, 5) is 32.5. The van der Waals surface area contributed by atoms with Gasteiger partial charge in [-0.1, -0.05) is 54.1 Å². The van der Waals surface area contributed by atoms with Crippen molar-refractivity contribution in [2.24, 2.45) is 4.99 Å². The zero-order chi connectivity index (χ0) is 22.8. The van der Waals surface area contributed by atoms with Crippen LogP contribution < -0.4 is 10.2 Å². The fourth-order valence-electron chi connectivity index (χ4n) is 3.80. The van der Waals surface area contributed by atoms with Crippen LogP contribution in [0.1, 0.15) is 29.2 Å². The molecule has 1 aliphatic rings. The maximum Gasteiger partial charge on any atom is 0.252 e. The summed E-state index contributed by atoms with van der Waals surface area (Å²) in [7, 11) is 0. The summed E-state index contributed by atoms with van der Waals surface area (Å²) in [6.07, 6.45) is 0. The number of anilines is 2. The number of aryl methyl sites for hydroxylation is 1. The molecule has 1 atom stereocenters. The molecule has 1 heterocycles. The number of amides is 2. The highest BCUT2D eigenvalue weighted by Gasteiger charge is 2.31. The maximum atomic E-state index is 13.3. The van der Waals surface area contributed by atoms with Crippen LogP contribution in [-0.2, 0) is 9.59 Å². The van der Waals surface area contributed by atoms with Crippen molar-refractivity contribution >= 4 is 40.5 Å². The van der Waals surface area contributed by atoms with Crippen LogP contribution in [-0.4, -0.2) is 30.1 Å². The Morgan fingerprint density at radius 3 is 2.56 bits per heavy atom. The summed E-state index contributed by atoms with van der Waals surface area (Å²) >= 11 is 6.31. The van der Waals surface area contributed by atoms with E-state index >= 15 is 0 Å². The molecule has 1 aliphatic heterocycles. The molecule has 6 heteroatoms. The number of fused-ring (bicyclic) bond motifs is 1. The maximum absolute atomic E-state index is 13.3. The molecule has 162 valence electrons. The third kappa shape index (κ3) is 4.30. The van der Waals surface area contributed by atoms with Crippen LogP contribution in [0.2, 0.25) is 5.02 Å². The molecule has 1 N–H and O–H groups in total. The zero-order valence-corrected chi connectivity index (χ0v) is 19.0. The topological polar surface area (TPSA) is 61.8 Å². The minimum atomic E-state index is -0.648. The Kier molecular flexibility index (Phi) is 6.10. The van der Waals surface area contributed by atoms with Gasteiger partial charge in [0.15, 0.2) is 0 Å². The Morgan fingerprint density at radius 2 is 1.81 bits per heavy atom. The van der Waals surface area contributed by atoms with Crippen LogP contribution in [0.5, 0.6) is 0 Å². The van der Waals surface area contributed by atoms with Crippen LogP contribution in [0.25, 0.3) is 0 Å². The van der Waals surface area contributed by atoms with Crippen molar-refractivity contribution in [3.63, 3.8) is 0 Å². The molecule has 2 amide bonds. The van der Waals surface area contributed by atoms with Crippen molar-refractivity contribution in [3.8, 4) is 0 Å². The predicted molar refractivity (Wildman–Crippen MR) is 130 cm³/mol. The Bertz CT molecular complexity index is 1220. The van der Waals surface area contributed by atoms with E-state index in [1.165, 1.54) is 4.90 Å². The smallest absolute Gasteiger partial charge is 0.252 e. The van der Waals surface area contributed by atoms with Gasteiger partial charge in [-0.3, -0.25) is 14.6 Å². The molecular weight excluding hydrogens is 422 g/mol. The van der Waals surface area contributed by atoms with E-state index in [4.69, 9.17) is 16.6 Å². The van der Waals surface area contributed by atoms with E-state index < -0.39 is 6.04 Å². The van der Waals surface area contributed by atoms with Gasteiger partial charge in [-0.05, 0) is 56.2 Å². The van der Waals surface area contributed by atoms with E-state index in [9.17, 15) is 9.59 Å². The first-order chi connectivity index (χ1) is 15.3. The second kappa shape index (κ2) is 8.97. The van der Waals surface area contributed by atoms with Gasteiger partial charge in [-0.2, -0.15) is 0 Å². The highest BCUT2D eigenvalue weighted by molar-refractivity contribution is 6.32. The molecule has 0 saturated carbocycles. The highest BCUT2D eigenvalue weighted by Crippen LogP contribution is 2.31. The van der Waals surface area contributed by atoms with Gasteiger partial charge in [0.05, 0.1) is 11.4 Å². The van der Waals surface area contributed by atoms with E-state index in [0.717, 1.165) is 27.9 Å². The lowest BCUT2D eigenvalue weighted by Crippen LogP contribution is -2.42. The number of rotatable bonds is 4. The summed E-state index contributed by atoms with van der Waals surface area (Å²) in [5, 5.41) is 3.48. The molecular formula is C26H24ClN3O2. The van der Waals surface area contributed by atoms with Crippen molar-refractivity contribution in [2.75, 3.05) is 16.8 Å². The van der Waals surface area contributed by atoms with E-state index in [0.29, 0.717) is 16.4 Å². The summed E-state index contributed by atoms with van der Waals surface area (Å²) in [5.41, 5.74) is 5.73. The number of benzodiazepines with no additional fused rings is 1. The predicted octanol–water partition coefficient (Wildman–Crippen LogP) is 5.17. The molecule has 4 rings (SSSR count). The van der Waals surface area contributed by atoms with E-state index in [1.807, 2.05) is 62.4 Å². The third-order valence-corrected chi connectivity index (χ3v) is 5.91. The lowest BCUT2D eigenvalue weighted by molar-refractivity contribution is -0.122. The number of benzene rings is 3. The molecule has 0 aromatic heterocycles. The fourth-order valence-corrected chi connectivity index (χ4v) is 3.98. The number of hydrogen-bond acceptors (Lipinski definition) is 3. The van der Waals surface area contributed by atoms with Crippen molar-refractivity contribution in [1.29, 1.82) is 0 Å². The van der Waals surface area contributed by atoms with Crippen LogP contribution in [0.4, 0.5) is 11.4 Å². The average Bonchev–Trinajstić information content (AvgIpc) is 2.88. The SMILES string of the molecule is Cc1cccc(NC(=O)CN2C(=O)C(C)N=C(c3ccccc3)c3cc(Cl)ccc32)c1C. The molecule has 0 bridgehead atoms. The fraction of sp³-hybridized carbons (Fsp3) is 0.192. The number of nitrogens with one attached hydrogen (secondary N) is 1. The van der Waals surface area contributed by atoms with Crippen molar-refractivity contribution in [3.05, 3.63) is 94.0 Å². The first kappa shape index (κ1) is 21.8. The number of halogens is 1. The number of carbonyl (C=O) groups is 2. The molecule has 0 aliphatic carbocycles. The van der Waals surface area contributed by atoms with Gasteiger partial charge < -0.3 is 10.2 Å². The average molecular weight is 446 g/mol.